The summed E-state index contributed by atoms with van der Waals surface area (Å²) in [5.74, 6) is -0.207. The number of unbranched alkanes of at least 4 members (excludes halogenated alkanes) is 34. The highest BCUT2D eigenvalue weighted by Crippen LogP contribution is 2.38. The largest absolute Gasteiger partial charge is 0.756 e. The number of likely N-dealkylation sites (N-methyl/N-ethyl adjacent to an activating group) is 1. The molecule has 0 rings (SSSR count). The summed E-state index contributed by atoms with van der Waals surface area (Å²) < 4.78 is 23.3. The number of allylic oxidation sites excluding steroid dienone is 5. The Bertz CT molecular complexity index is 1150. The Hall–Kier alpha value is -1.28. The molecule has 8 nitrogen and oxygen atoms in total. The highest BCUT2D eigenvalue weighted by atomic mass is 31.2. The smallest absolute Gasteiger partial charge is 0.268 e. The number of phosphoric acid groups is 1. The first-order valence-electron chi connectivity index (χ1n) is 27.9. The van der Waals surface area contributed by atoms with Crippen molar-refractivity contribution in [3.63, 3.8) is 0 Å². The number of aliphatic hydroxyl groups excluding tert-OH is 1. The molecule has 9 heteroatoms. The van der Waals surface area contributed by atoms with E-state index in [2.05, 4.69) is 43.5 Å². The Labute approximate surface area is 404 Å². The fourth-order valence-electron chi connectivity index (χ4n) is 8.19. The number of phosphoric ester groups is 1. The molecule has 65 heavy (non-hydrogen) atoms. The molecule has 384 valence electrons. The number of carbonyl (C=O) groups is 1. The predicted octanol–water partition coefficient (Wildman–Crippen LogP) is 16.0. The topological polar surface area (TPSA) is 108 Å². The number of hydrogen-bond acceptors (Lipinski definition) is 6. The SMILES string of the molecule is CCCCCCCCCCCCCCC/C=C/CC/C=C/CC/C=C/C(O)C(COP(=O)([O-])OCC[N+](C)(C)C)NC(=O)CCCCCCCCCCCCCCCCCCCCCC. The van der Waals surface area contributed by atoms with Crippen LogP contribution in [0.25, 0.3) is 0 Å². The number of nitrogens with zero attached hydrogens (tertiary/aromatic N) is 1. The average Bonchev–Trinajstić information content (AvgIpc) is 3.26. The molecular weight excluding hydrogens is 828 g/mol. The van der Waals surface area contributed by atoms with Crippen LogP contribution in [0.15, 0.2) is 36.5 Å². The van der Waals surface area contributed by atoms with Crippen LogP contribution in [0.3, 0.4) is 0 Å². The molecule has 0 aromatic carbocycles. The zero-order valence-corrected chi connectivity index (χ0v) is 44.6. The first kappa shape index (κ1) is 63.7. The first-order chi connectivity index (χ1) is 31.5. The van der Waals surface area contributed by atoms with E-state index in [-0.39, 0.29) is 12.5 Å². The Kier molecular flexibility index (Phi) is 46.8. The monoisotopic (exact) mass is 937 g/mol. The normalized spacial score (nSPS) is 14.3. The third kappa shape index (κ3) is 50.4. The summed E-state index contributed by atoms with van der Waals surface area (Å²) in [6.45, 7) is 4.65. The van der Waals surface area contributed by atoms with Gasteiger partial charge in [-0.1, -0.05) is 249 Å². The lowest BCUT2D eigenvalue weighted by atomic mass is 10.0. The van der Waals surface area contributed by atoms with Crippen LogP contribution in [-0.2, 0) is 18.4 Å². The van der Waals surface area contributed by atoms with E-state index in [0.717, 1.165) is 44.9 Å². The van der Waals surface area contributed by atoms with Crippen molar-refractivity contribution >= 4 is 13.7 Å². The van der Waals surface area contributed by atoms with Crippen molar-refractivity contribution in [2.75, 3.05) is 40.9 Å². The second kappa shape index (κ2) is 47.8. The van der Waals surface area contributed by atoms with Gasteiger partial charge in [0.15, 0.2) is 0 Å². The summed E-state index contributed by atoms with van der Waals surface area (Å²) in [5, 5.41) is 13.8. The van der Waals surface area contributed by atoms with E-state index in [1.54, 1.807) is 6.08 Å². The molecule has 0 aliphatic rings. The third-order valence-electron chi connectivity index (χ3n) is 12.6. The van der Waals surface area contributed by atoms with Crippen molar-refractivity contribution in [2.45, 2.75) is 276 Å². The number of amides is 1. The molecule has 1 amide bonds. The number of hydrogen-bond donors (Lipinski definition) is 2. The van der Waals surface area contributed by atoms with Crippen molar-refractivity contribution in [3.8, 4) is 0 Å². The molecule has 0 bridgehead atoms. The summed E-state index contributed by atoms with van der Waals surface area (Å²) in [6, 6.07) is -0.907. The number of quaternary nitrogens is 1. The van der Waals surface area contributed by atoms with Gasteiger partial charge < -0.3 is 28.8 Å². The lowest BCUT2D eigenvalue weighted by molar-refractivity contribution is -0.870. The predicted molar refractivity (Wildman–Crippen MR) is 279 cm³/mol. The van der Waals surface area contributed by atoms with E-state index < -0.39 is 26.6 Å². The standard InChI is InChI=1S/C56H109N2O6P/c1-6-8-10-12-14-16-18-20-22-24-26-28-29-30-31-33-35-37-39-41-43-45-47-49-55(59)54(53-64-65(61,62)63-52-51-58(3,4)5)57-56(60)50-48-46-44-42-40-38-36-34-32-27-25-23-21-19-17-15-13-11-9-7-2/h31,33,39,41,47,49,54-55,59H,6-30,32,34-38,40,42-46,48,50-53H2,1-5H3,(H-,57,60,61,62)/b33-31+,41-39+,49-47+. The second-order valence-electron chi connectivity index (χ2n) is 20.3. The van der Waals surface area contributed by atoms with E-state index >= 15 is 0 Å². The third-order valence-corrected chi connectivity index (χ3v) is 13.5. The Morgan fingerprint density at radius 3 is 1.25 bits per heavy atom. The molecule has 0 radical (unpaired) electrons. The van der Waals surface area contributed by atoms with Crippen LogP contribution < -0.4 is 10.2 Å². The fourth-order valence-corrected chi connectivity index (χ4v) is 8.91. The number of rotatable bonds is 51. The molecule has 0 saturated heterocycles. The Morgan fingerprint density at radius 1 is 0.523 bits per heavy atom. The van der Waals surface area contributed by atoms with E-state index in [1.807, 2.05) is 27.2 Å². The van der Waals surface area contributed by atoms with Gasteiger partial charge in [0.2, 0.25) is 5.91 Å². The van der Waals surface area contributed by atoms with Crippen molar-refractivity contribution in [1.82, 2.24) is 5.32 Å². The van der Waals surface area contributed by atoms with E-state index in [1.165, 1.54) is 199 Å². The van der Waals surface area contributed by atoms with Gasteiger partial charge in [-0.05, 0) is 44.9 Å². The molecule has 0 fully saturated rings. The number of nitrogens with one attached hydrogen (secondary N) is 1. The highest BCUT2D eigenvalue weighted by molar-refractivity contribution is 7.45. The lowest BCUT2D eigenvalue weighted by Gasteiger charge is -2.29. The van der Waals surface area contributed by atoms with Gasteiger partial charge in [-0.15, -0.1) is 0 Å². The zero-order valence-electron chi connectivity index (χ0n) is 43.7. The van der Waals surface area contributed by atoms with Crippen LogP contribution in [-0.4, -0.2) is 68.5 Å². The minimum atomic E-state index is -4.61. The van der Waals surface area contributed by atoms with Crippen molar-refractivity contribution in [3.05, 3.63) is 36.5 Å². The summed E-state index contributed by atoms with van der Waals surface area (Å²) in [4.78, 5) is 25.5. The highest BCUT2D eigenvalue weighted by Gasteiger charge is 2.23. The van der Waals surface area contributed by atoms with E-state index in [4.69, 9.17) is 9.05 Å². The summed E-state index contributed by atoms with van der Waals surface area (Å²) in [6.07, 6.45) is 60.7. The molecular formula is C56H109N2O6P. The van der Waals surface area contributed by atoms with Gasteiger partial charge in [-0.25, -0.2) is 0 Å². The molecule has 0 aliphatic carbocycles. The molecule has 0 aromatic heterocycles. The quantitative estimate of drug-likeness (QED) is 0.0272. The summed E-state index contributed by atoms with van der Waals surface area (Å²) in [5.41, 5.74) is 0. The van der Waals surface area contributed by atoms with E-state index in [0.29, 0.717) is 17.4 Å². The van der Waals surface area contributed by atoms with Gasteiger partial charge in [0.25, 0.3) is 7.82 Å². The average molecular weight is 937 g/mol. The molecule has 0 aliphatic heterocycles. The van der Waals surface area contributed by atoms with Gasteiger partial charge in [-0.2, -0.15) is 0 Å². The molecule has 3 unspecified atom stereocenters. The van der Waals surface area contributed by atoms with Crippen LogP contribution in [0, 0.1) is 0 Å². The minimum Gasteiger partial charge on any atom is -0.756 e. The molecule has 0 saturated carbocycles. The van der Waals surface area contributed by atoms with Gasteiger partial charge in [0, 0.05) is 6.42 Å². The maximum atomic E-state index is 12.9. The van der Waals surface area contributed by atoms with Crippen molar-refractivity contribution < 1.29 is 32.9 Å². The lowest BCUT2D eigenvalue weighted by Crippen LogP contribution is -2.45. The van der Waals surface area contributed by atoms with Gasteiger partial charge in [0.1, 0.15) is 13.2 Å². The van der Waals surface area contributed by atoms with Gasteiger partial charge >= 0.3 is 0 Å². The number of aliphatic hydroxyl groups is 1. The summed E-state index contributed by atoms with van der Waals surface area (Å²) >= 11 is 0. The Morgan fingerprint density at radius 2 is 0.862 bits per heavy atom. The molecule has 0 spiro atoms. The van der Waals surface area contributed by atoms with Gasteiger partial charge in [-0.3, -0.25) is 9.36 Å². The Balaban J connectivity index is 4.31. The van der Waals surface area contributed by atoms with Crippen LogP contribution in [0.1, 0.15) is 264 Å². The van der Waals surface area contributed by atoms with Crippen LogP contribution in [0.2, 0.25) is 0 Å². The van der Waals surface area contributed by atoms with Crippen molar-refractivity contribution in [1.29, 1.82) is 0 Å². The van der Waals surface area contributed by atoms with Crippen molar-refractivity contribution in [2.24, 2.45) is 0 Å². The van der Waals surface area contributed by atoms with Crippen LogP contribution in [0.5, 0.6) is 0 Å². The minimum absolute atomic E-state index is 0.00743. The summed E-state index contributed by atoms with van der Waals surface area (Å²) in [7, 11) is 1.24. The number of carbonyl (C=O) groups excluding carboxylic acids is 1. The maximum absolute atomic E-state index is 12.9. The fraction of sp³-hybridized carbons (Fsp3) is 0.875. The van der Waals surface area contributed by atoms with Crippen LogP contribution >= 0.6 is 7.82 Å². The second-order valence-corrected chi connectivity index (χ2v) is 21.7. The zero-order chi connectivity index (χ0) is 47.8. The van der Waals surface area contributed by atoms with E-state index in [9.17, 15) is 19.4 Å². The molecule has 0 aromatic rings. The van der Waals surface area contributed by atoms with Gasteiger partial charge in [0.05, 0.1) is 39.9 Å². The first-order valence-corrected chi connectivity index (χ1v) is 29.3. The molecule has 3 atom stereocenters. The molecule has 0 heterocycles. The molecule has 2 N–H and O–H groups in total. The maximum Gasteiger partial charge on any atom is 0.268 e. The van der Waals surface area contributed by atoms with Crippen LogP contribution in [0.4, 0.5) is 0 Å².